The Morgan fingerprint density at radius 1 is 1.43 bits per heavy atom. The fourth-order valence-electron chi connectivity index (χ4n) is 2.81. The normalized spacial score (nSPS) is 14.7. The Morgan fingerprint density at radius 3 is 2.81 bits per heavy atom. The van der Waals surface area contributed by atoms with Gasteiger partial charge < -0.3 is 14.6 Å². The summed E-state index contributed by atoms with van der Waals surface area (Å²) in [6, 6.07) is 2.75. The topological polar surface area (TPSA) is 46.2 Å². The highest BCUT2D eigenvalue weighted by Gasteiger charge is 2.23. The van der Waals surface area contributed by atoms with Gasteiger partial charge >= 0.3 is 0 Å². The molecule has 0 saturated heterocycles. The van der Waals surface area contributed by atoms with Crippen LogP contribution in [0.1, 0.15) is 35.4 Å². The number of aromatic nitrogens is 2. The van der Waals surface area contributed by atoms with Gasteiger partial charge in [-0.25, -0.2) is 0 Å². The van der Waals surface area contributed by atoms with Gasteiger partial charge in [-0.3, -0.25) is 4.68 Å². The summed E-state index contributed by atoms with van der Waals surface area (Å²) in [5.41, 5.74) is 3.63. The van der Waals surface area contributed by atoms with E-state index < -0.39 is 0 Å². The van der Waals surface area contributed by atoms with Crippen LogP contribution in [0.15, 0.2) is 16.7 Å². The van der Waals surface area contributed by atoms with E-state index in [4.69, 9.17) is 4.42 Å². The van der Waals surface area contributed by atoms with Crippen LogP contribution in [-0.4, -0.2) is 22.9 Å². The average Bonchev–Trinajstić information content (AvgIpc) is 3.11. The largest absolute Gasteiger partial charge is 0.469 e. The lowest BCUT2D eigenvalue weighted by atomic mass is 10.2. The molecule has 1 saturated carbocycles. The van der Waals surface area contributed by atoms with Crippen molar-refractivity contribution in [1.82, 2.24) is 15.1 Å². The molecule has 1 aliphatic carbocycles. The molecule has 0 radical (unpaired) electrons. The Hall–Kier alpha value is -1.75. The average molecular weight is 288 g/mol. The van der Waals surface area contributed by atoms with Crippen molar-refractivity contribution in [2.45, 2.75) is 45.8 Å². The Bertz CT molecular complexity index is 624. The molecule has 21 heavy (non-hydrogen) atoms. The van der Waals surface area contributed by atoms with Gasteiger partial charge in [0.15, 0.2) is 0 Å². The number of nitrogens with one attached hydrogen (secondary N) is 1. The zero-order valence-electron chi connectivity index (χ0n) is 13.3. The number of hydrogen-bond acceptors (Lipinski definition) is 4. The van der Waals surface area contributed by atoms with Crippen molar-refractivity contribution in [3.05, 3.63) is 34.9 Å². The lowest BCUT2D eigenvalue weighted by Crippen LogP contribution is -2.23. The van der Waals surface area contributed by atoms with Gasteiger partial charge in [0, 0.05) is 44.4 Å². The molecule has 0 aromatic carbocycles. The van der Waals surface area contributed by atoms with Crippen LogP contribution in [0.5, 0.6) is 0 Å². The van der Waals surface area contributed by atoms with Crippen molar-refractivity contribution >= 4 is 5.82 Å². The zero-order chi connectivity index (χ0) is 15.0. The summed E-state index contributed by atoms with van der Waals surface area (Å²) in [4.78, 5) is 2.25. The van der Waals surface area contributed by atoms with Crippen LogP contribution in [0.25, 0.3) is 0 Å². The number of anilines is 1. The molecule has 5 heteroatoms. The highest BCUT2D eigenvalue weighted by Crippen LogP contribution is 2.26. The van der Waals surface area contributed by atoms with E-state index in [0.29, 0.717) is 6.04 Å². The summed E-state index contributed by atoms with van der Waals surface area (Å²) in [7, 11) is 4.13. The molecule has 0 amide bonds. The molecule has 2 aromatic heterocycles. The van der Waals surface area contributed by atoms with Crippen LogP contribution >= 0.6 is 0 Å². The van der Waals surface area contributed by atoms with Gasteiger partial charge in [0.2, 0.25) is 0 Å². The van der Waals surface area contributed by atoms with E-state index in [9.17, 15) is 0 Å². The van der Waals surface area contributed by atoms with Crippen molar-refractivity contribution in [3.8, 4) is 0 Å². The lowest BCUT2D eigenvalue weighted by Gasteiger charge is -2.21. The number of hydrogen-bond donors (Lipinski definition) is 1. The molecule has 5 nitrogen and oxygen atoms in total. The standard InChI is InChI=1S/C16H24N4O/c1-11-15(9-17-14-5-6-14)16(20(4)18-11)19(3)10-13-7-8-21-12(13)2/h7-8,14,17H,5-6,9-10H2,1-4H3. The van der Waals surface area contributed by atoms with Crippen molar-refractivity contribution in [2.24, 2.45) is 7.05 Å². The van der Waals surface area contributed by atoms with Gasteiger partial charge in [-0.2, -0.15) is 5.10 Å². The summed E-state index contributed by atoms with van der Waals surface area (Å²) < 4.78 is 7.37. The van der Waals surface area contributed by atoms with Crippen molar-refractivity contribution in [2.75, 3.05) is 11.9 Å². The molecule has 1 aliphatic rings. The molecular weight excluding hydrogens is 264 g/mol. The summed E-state index contributed by atoms with van der Waals surface area (Å²) >= 11 is 0. The van der Waals surface area contributed by atoms with Crippen LogP contribution in [0.3, 0.4) is 0 Å². The second-order valence-corrected chi connectivity index (χ2v) is 6.02. The predicted octanol–water partition coefficient (Wildman–Crippen LogP) is 2.52. The van der Waals surface area contributed by atoms with E-state index in [1.165, 1.54) is 29.8 Å². The number of nitrogens with zero attached hydrogens (tertiary/aromatic N) is 3. The Kier molecular flexibility index (Phi) is 3.76. The minimum Gasteiger partial charge on any atom is -0.469 e. The van der Waals surface area contributed by atoms with E-state index in [1.54, 1.807) is 6.26 Å². The Balaban J connectivity index is 1.80. The predicted molar refractivity (Wildman–Crippen MR) is 83.4 cm³/mol. The first kappa shape index (κ1) is 14.2. The molecule has 1 fully saturated rings. The van der Waals surface area contributed by atoms with Crippen LogP contribution in [0.4, 0.5) is 5.82 Å². The maximum atomic E-state index is 5.39. The minimum atomic E-state index is 0.707. The molecule has 0 bridgehead atoms. The van der Waals surface area contributed by atoms with Gasteiger partial charge in [0.1, 0.15) is 11.6 Å². The first-order valence-electron chi connectivity index (χ1n) is 7.56. The fraction of sp³-hybridized carbons (Fsp3) is 0.562. The van der Waals surface area contributed by atoms with Gasteiger partial charge in [-0.1, -0.05) is 0 Å². The first-order valence-corrected chi connectivity index (χ1v) is 7.56. The van der Waals surface area contributed by atoms with E-state index >= 15 is 0 Å². The van der Waals surface area contributed by atoms with Crippen molar-refractivity contribution in [1.29, 1.82) is 0 Å². The summed E-state index contributed by atoms with van der Waals surface area (Å²) in [5.74, 6) is 2.17. The van der Waals surface area contributed by atoms with Gasteiger partial charge in [0.25, 0.3) is 0 Å². The van der Waals surface area contributed by atoms with E-state index in [2.05, 4.69) is 29.3 Å². The number of aryl methyl sites for hydroxylation is 3. The number of rotatable bonds is 6. The van der Waals surface area contributed by atoms with Crippen molar-refractivity contribution in [3.63, 3.8) is 0 Å². The third kappa shape index (κ3) is 2.97. The molecule has 0 unspecified atom stereocenters. The van der Waals surface area contributed by atoms with E-state index in [0.717, 1.165) is 24.5 Å². The molecule has 2 heterocycles. The third-order valence-electron chi connectivity index (χ3n) is 4.19. The summed E-state index contributed by atoms with van der Waals surface area (Å²) in [5, 5.41) is 8.19. The van der Waals surface area contributed by atoms with Gasteiger partial charge in [0.05, 0.1) is 12.0 Å². The molecule has 3 rings (SSSR count). The van der Waals surface area contributed by atoms with Crippen LogP contribution in [0, 0.1) is 13.8 Å². The Morgan fingerprint density at radius 2 is 2.19 bits per heavy atom. The van der Waals surface area contributed by atoms with Crippen LogP contribution in [0.2, 0.25) is 0 Å². The fourth-order valence-corrected chi connectivity index (χ4v) is 2.81. The smallest absolute Gasteiger partial charge is 0.131 e. The first-order chi connectivity index (χ1) is 10.1. The van der Waals surface area contributed by atoms with Gasteiger partial charge in [-0.05, 0) is 32.8 Å². The minimum absolute atomic E-state index is 0.707. The van der Waals surface area contributed by atoms with Gasteiger partial charge in [-0.15, -0.1) is 0 Å². The zero-order valence-corrected chi connectivity index (χ0v) is 13.3. The van der Waals surface area contributed by atoms with E-state index in [1.807, 2.05) is 24.7 Å². The quantitative estimate of drug-likeness (QED) is 0.887. The molecule has 114 valence electrons. The second kappa shape index (κ2) is 5.56. The molecule has 0 aliphatic heterocycles. The summed E-state index contributed by atoms with van der Waals surface area (Å²) in [6.45, 7) is 5.82. The molecule has 0 spiro atoms. The maximum absolute atomic E-state index is 5.39. The maximum Gasteiger partial charge on any atom is 0.131 e. The lowest BCUT2D eigenvalue weighted by molar-refractivity contribution is 0.529. The second-order valence-electron chi connectivity index (χ2n) is 6.02. The molecule has 1 N–H and O–H groups in total. The summed E-state index contributed by atoms with van der Waals surface area (Å²) in [6.07, 6.45) is 4.36. The highest BCUT2D eigenvalue weighted by molar-refractivity contribution is 5.50. The molecular formula is C16H24N4O. The van der Waals surface area contributed by atoms with E-state index in [-0.39, 0.29) is 0 Å². The van der Waals surface area contributed by atoms with Crippen molar-refractivity contribution < 1.29 is 4.42 Å². The number of furan rings is 1. The highest BCUT2D eigenvalue weighted by atomic mass is 16.3. The Labute approximate surface area is 125 Å². The van der Waals surface area contributed by atoms with Crippen LogP contribution < -0.4 is 10.2 Å². The van der Waals surface area contributed by atoms with Crippen LogP contribution in [-0.2, 0) is 20.1 Å². The monoisotopic (exact) mass is 288 g/mol. The molecule has 0 atom stereocenters. The SMILES string of the molecule is Cc1nn(C)c(N(C)Cc2ccoc2C)c1CNC1CC1. The molecule has 2 aromatic rings. The third-order valence-corrected chi connectivity index (χ3v) is 4.19.